The van der Waals surface area contributed by atoms with E-state index in [1.165, 1.54) is 12.8 Å². The summed E-state index contributed by atoms with van der Waals surface area (Å²) in [7, 11) is 1.71. The maximum atomic E-state index is 11.3. The topological polar surface area (TPSA) is 70.6 Å². The summed E-state index contributed by atoms with van der Waals surface area (Å²) in [6, 6.07) is 2.47. The summed E-state index contributed by atoms with van der Waals surface area (Å²) in [4.78, 5) is 25.8. The van der Waals surface area contributed by atoms with Gasteiger partial charge in [-0.05, 0) is 38.1 Å². The van der Waals surface area contributed by atoms with Crippen LogP contribution in [-0.2, 0) is 21.6 Å². The van der Waals surface area contributed by atoms with Gasteiger partial charge in [0.05, 0.1) is 12.3 Å². The molecule has 2 unspecified atom stereocenters. The van der Waals surface area contributed by atoms with E-state index in [1.54, 1.807) is 14.0 Å². The fourth-order valence-corrected chi connectivity index (χ4v) is 4.52. The predicted octanol–water partition coefficient (Wildman–Crippen LogP) is 2.74. The number of carbonyl (C=O) groups excluding carboxylic acids is 1. The first-order valence-corrected chi connectivity index (χ1v) is 11.4. The molecule has 7 heteroatoms. The molecule has 2 heterocycles. The van der Waals surface area contributed by atoms with Gasteiger partial charge in [-0.3, -0.25) is 9.69 Å². The summed E-state index contributed by atoms with van der Waals surface area (Å²) in [5.41, 5.74) is 0.862. The van der Waals surface area contributed by atoms with E-state index in [0.717, 1.165) is 68.8 Å². The van der Waals surface area contributed by atoms with Gasteiger partial charge in [-0.15, -0.1) is 0 Å². The van der Waals surface area contributed by atoms with Gasteiger partial charge < -0.3 is 15.0 Å². The Labute approximate surface area is 181 Å². The number of piperazine rings is 1. The van der Waals surface area contributed by atoms with Crippen molar-refractivity contribution in [3.8, 4) is 0 Å². The molecule has 2 fully saturated rings. The largest absolute Gasteiger partial charge is 0.378 e. The molecule has 1 amide bonds. The fraction of sp³-hybridized carbons (Fsp3) is 0.783. The lowest BCUT2D eigenvalue weighted by molar-refractivity contribution is -0.119. The van der Waals surface area contributed by atoms with E-state index in [0.29, 0.717) is 12.6 Å². The minimum atomic E-state index is -0.0866. The highest BCUT2D eigenvalue weighted by Crippen LogP contribution is 2.29. The van der Waals surface area contributed by atoms with Gasteiger partial charge in [0.15, 0.2) is 0 Å². The molecular weight excluding hydrogens is 378 g/mol. The highest BCUT2D eigenvalue weighted by Gasteiger charge is 2.27. The smallest absolute Gasteiger partial charge is 0.217 e. The van der Waals surface area contributed by atoms with Crippen LogP contribution in [0.1, 0.15) is 64.9 Å². The maximum Gasteiger partial charge on any atom is 0.217 e. The van der Waals surface area contributed by atoms with Gasteiger partial charge in [-0.1, -0.05) is 20.8 Å². The summed E-state index contributed by atoms with van der Waals surface area (Å²) in [6.07, 6.45) is 4.74. The van der Waals surface area contributed by atoms with E-state index in [2.05, 4.69) is 42.0 Å². The average molecular weight is 418 g/mol. The lowest BCUT2D eigenvalue weighted by Gasteiger charge is -2.36. The van der Waals surface area contributed by atoms with E-state index >= 15 is 0 Å². The Hall–Kier alpha value is -1.73. The minimum Gasteiger partial charge on any atom is -0.378 e. The highest BCUT2D eigenvalue weighted by atomic mass is 16.5. The number of hydrogen-bond acceptors (Lipinski definition) is 6. The number of aromatic nitrogens is 2. The highest BCUT2D eigenvalue weighted by molar-refractivity contribution is 5.73. The van der Waals surface area contributed by atoms with Crippen LogP contribution in [0.15, 0.2) is 6.07 Å². The second-order valence-electron chi connectivity index (χ2n) is 9.92. The number of ether oxygens (including phenoxy) is 1. The summed E-state index contributed by atoms with van der Waals surface area (Å²) in [6.45, 7) is 13.9. The zero-order chi connectivity index (χ0) is 21.7. The van der Waals surface area contributed by atoms with Crippen LogP contribution < -0.4 is 10.2 Å². The van der Waals surface area contributed by atoms with Crippen molar-refractivity contribution < 1.29 is 9.53 Å². The van der Waals surface area contributed by atoms with Crippen molar-refractivity contribution in [3.63, 3.8) is 0 Å². The molecule has 1 aliphatic heterocycles. The van der Waals surface area contributed by atoms with E-state index < -0.39 is 0 Å². The molecule has 1 aromatic heterocycles. The molecule has 30 heavy (non-hydrogen) atoms. The second-order valence-corrected chi connectivity index (χ2v) is 9.92. The van der Waals surface area contributed by atoms with Crippen LogP contribution in [0.5, 0.6) is 0 Å². The van der Waals surface area contributed by atoms with Gasteiger partial charge in [0.25, 0.3) is 0 Å². The molecule has 1 N–H and O–H groups in total. The number of methoxy groups -OCH3 is 1. The fourth-order valence-electron chi connectivity index (χ4n) is 4.52. The molecule has 0 aromatic carbocycles. The van der Waals surface area contributed by atoms with Gasteiger partial charge >= 0.3 is 0 Å². The van der Waals surface area contributed by atoms with Crippen LogP contribution in [0.2, 0.25) is 0 Å². The summed E-state index contributed by atoms with van der Waals surface area (Å²) in [5, 5.41) is 3.08. The van der Waals surface area contributed by atoms with E-state index in [1.807, 2.05) is 0 Å². The number of amides is 1. The van der Waals surface area contributed by atoms with Crippen LogP contribution in [0.3, 0.4) is 0 Å². The number of nitrogens with one attached hydrogen (secondary N) is 1. The van der Waals surface area contributed by atoms with Gasteiger partial charge in [0.1, 0.15) is 11.6 Å². The van der Waals surface area contributed by atoms with Crippen molar-refractivity contribution in [2.45, 2.75) is 71.4 Å². The molecule has 7 nitrogen and oxygen atoms in total. The molecule has 3 rings (SSSR count). The summed E-state index contributed by atoms with van der Waals surface area (Å²) < 4.78 is 5.32. The normalized spacial score (nSPS) is 23.0. The quantitative estimate of drug-likeness (QED) is 0.736. The van der Waals surface area contributed by atoms with Crippen LogP contribution in [0.4, 0.5) is 5.82 Å². The average Bonchev–Trinajstić information content (AvgIpc) is 3.13. The standard InChI is InChI=1S/C23H39N5O2/c1-17(29)24-19-7-6-18(14-19)8-9-27-10-12-28(13-11-27)21-15-20(16-30-5)25-22(26-21)23(2,3)4/h15,18-19H,6-14,16H2,1-5H3,(H,24,29). The van der Waals surface area contributed by atoms with Crippen molar-refractivity contribution in [3.05, 3.63) is 17.6 Å². The number of nitrogens with zero attached hydrogens (tertiary/aromatic N) is 4. The molecule has 1 aromatic rings. The lowest BCUT2D eigenvalue weighted by Crippen LogP contribution is -2.47. The molecule has 0 bridgehead atoms. The zero-order valence-electron chi connectivity index (χ0n) is 19.4. The third-order valence-corrected chi connectivity index (χ3v) is 6.23. The first kappa shape index (κ1) is 22.9. The van der Waals surface area contributed by atoms with Crippen molar-refractivity contribution in [1.82, 2.24) is 20.2 Å². The van der Waals surface area contributed by atoms with Crippen LogP contribution in [-0.4, -0.2) is 66.7 Å². The van der Waals surface area contributed by atoms with Crippen LogP contribution in [0, 0.1) is 5.92 Å². The zero-order valence-corrected chi connectivity index (χ0v) is 19.4. The molecule has 1 aliphatic carbocycles. The number of rotatable bonds is 7. The Balaban J connectivity index is 1.51. The number of carbonyl (C=O) groups is 1. The lowest BCUT2D eigenvalue weighted by atomic mass is 9.95. The summed E-state index contributed by atoms with van der Waals surface area (Å²) in [5.74, 6) is 2.75. The first-order chi connectivity index (χ1) is 14.2. The molecule has 1 saturated heterocycles. The molecule has 0 spiro atoms. The SMILES string of the molecule is COCc1cc(N2CCN(CCC3CCC(NC(C)=O)C3)CC2)nc(C(C)(C)C)n1. The van der Waals surface area contributed by atoms with Gasteiger partial charge in [0, 0.05) is 57.7 Å². The maximum absolute atomic E-state index is 11.3. The van der Waals surface area contributed by atoms with Crippen LogP contribution >= 0.6 is 0 Å². The molecule has 2 atom stereocenters. The Morgan fingerprint density at radius 1 is 1.20 bits per heavy atom. The van der Waals surface area contributed by atoms with E-state index in [9.17, 15) is 4.79 Å². The van der Waals surface area contributed by atoms with Crippen molar-refractivity contribution in [1.29, 1.82) is 0 Å². The van der Waals surface area contributed by atoms with Crippen molar-refractivity contribution >= 4 is 11.7 Å². The Bertz CT molecular complexity index is 710. The Morgan fingerprint density at radius 3 is 2.57 bits per heavy atom. The van der Waals surface area contributed by atoms with Gasteiger partial charge in [-0.25, -0.2) is 9.97 Å². The number of anilines is 1. The van der Waals surface area contributed by atoms with E-state index in [4.69, 9.17) is 14.7 Å². The second kappa shape index (κ2) is 10.1. The molecule has 1 saturated carbocycles. The predicted molar refractivity (Wildman–Crippen MR) is 120 cm³/mol. The molecule has 2 aliphatic rings. The monoisotopic (exact) mass is 417 g/mol. The van der Waals surface area contributed by atoms with Gasteiger partial charge in [-0.2, -0.15) is 0 Å². The third-order valence-electron chi connectivity index (χ3n) is 6.23. The third kappa shape index (κ3) is 6.38. The first-order valence-electron chi connectivity index (χ1n) is 11.4. The van der Waals surface area contributed by atoms with E-state index in [-0.39, 0.29) is 11.3 Å². The molecular formula is C23H39N5O2. The number of hydrogen-bond donors (Lipinski definition) is 1. The van der Waals surface area contributed by atoms with Crippen molar-refractivity contribution in [2.75, 3.05) is 44.7 Å². The van der Waals surface area contributed by atoms with Crippen molar-refractivity contribution in [2.24, 2.45) is 5.92 Å². The minimum absolute atomic E-state index is 0.0866. The summed E-state index contributed by atoms with van der Waals surface area (Å²) >= 11 is 0. The van der Waals surface area contributed by atoms with Crippen LogP contribution in [0.25, 0.3) is 0 Å². The Kier molecular flexibility index (Phi) is 7.69. The van der Waals surface area contributed by atoms with Gasteiger partial charge in [0.2, 0.25) is 5.91 Å². The Morgan fingerprint density at radius 2 is 1.93 bits per heavy atom. The molecule has 168 valence electrons. The molecule has 0 radical (unpaired) electrons.